The highest BCUT2D eigenvalue weighted by Gasteiger charge is 2.18. The molecule has 0 amide bonds. The number of halogens is 1. The quantitative estimate of drug-likeness (QED) is 0.808. The summed E-state index contributed by atoms with van der Waals surface area (Å²) in [6, 6.07) is 2.31. The summed E-state index contributed by atoms with van der Waals surface area (Å²) in [6.45, 7) is 6.08. The molecule has 2 nitrogen and oxygen atoms in total. The Labute approximate surface area is 107 Å². The van der Waals surface area contributed by atoms with Crippen molar-refractivity contribution >= 4 is 22.9 Å². The van der Waals surface area contributed by atoms with Gasteiger partial charge in [0.25, 0.3) is 0 Å². The van der Waals surface area contributed by atoms with Crippen LogP contribution in [0.4, 0.5) is 0 Å². The van der Waals surface area contributed by atoms with E-state index >= 15 is 0 Å². The van der Waals surface area contributed by atoms with E-state index in [-0.39, 0.29) is 0 Å². The van der Waals surface area contributed by atoms with Crippen LogP contribution in [-0.4, -0.2) is 20.3 Å². The number of methoxy groups -OCH3 is 1. The van der Waals surface area contributed by atoms with Gasteiger partial charge in [0, 0.05) is 24.6 Å². The van der Waals surface area contributed by atoms with Crippen molar-refractivity contribution in [2.24, 2.45) is 5.92 Å². The fraction of sp³-hybridized carbons (Fsp3) is 0.667. The van der Waals surface area contributed by atoms with Gasteiger partial charge >= 0.3 is 0 Å². The van der Waals surface area contributed by atoms with Gasteiger partial charge in [-0.3, -0.25) is 0 Å². The molecule has 0 aliphatic rings. The average molecular weight is 262 g/mol. The van der Waals surface area contributed by atoms with Crippen molar-refractivity contribution < 1.29 is 4.74 Å². The zero-order chi connectivity index (χ0) is 12.0. The molecular weight excluding hydrogens is 242 g/mol. The topological polar surface area (TPSA) is 21.3 Å². The second-order valence-corrected chi connectivity index (χ2v) is 5.39. The Balaban J connectivity index is 2.64. The summed E-state index contributed by atoms with van der Waals surface area (Å²) in [4.78, 5) is 1.24. The lowest BCUT2D eigenvalue weighted by Crippen LogP contribution is -2.23. The lowest BCUT2D eigenvalue weighted by atomic mass is 10.0. The van der Waals surface area contributed by atoms with E-state index in [9.17, 15) is 0 Å². The predicted molar refractivity (Wildman–Crippen MR) is 71.4 cm³/mol. The first-order valence-corrected chi connectivity index (χ1v) is 6.90. The van der Waals surface area contributed by atoms with E-state index in [2.05, 4.69) is 19.2 Å². The van der Waals surface area contributed by atoms with Gasteiger partial charge in [-0.2, -0.15) is 0 Å². The van der Waals surface area contributed by atoms with Crippen molar-refractivity contribution in [2.75, 3.05) is 20.3 Å². The number of thiophene rings is 1. The van der Waals surface area contributed by atoms with E-state index in [1.807, 2.05) is 11.4 Å². The molecule has 0 aliphatic heterocycles. The highest BCUT2D eigenvalue weighted by Crippen LogP contribution is 2.32. The van der Waals surface area contributed by atoms with Crippen LogP contribution in [0.2, 0.25) is 5.02 Å². The molecule has 4 heteroatoms. The number of hydrogen-bond acceptors (Lipinski definition) is 3. The van der Waals surface area contributed by atoms with Gasteiger partial charge in [-0.15, -0.1) is 11.3 Å². The maximum absolute atomic E-state index is 6.17. The molecule has 0 aliphatic carbocycles. The first-order chi connectivity index (χ1) is 7.69. The Morgan fingerprint density at radius 2 is 2.31 bits per heavy atom. The number of hydrogen-bond donors (Lipinski definition) is 1. The number of nitrogens with one attached hydrogen (secondary N) is 1. The molecule has 0 saturated carbocycles. The van der Waals surface area contributed by atoms with Gasteiger partial charge in [0.15, 0.2) is 0 Å². The zero-order valence-electron chi connectivity index (χ0n) is 10.1. The summed E-state index contributed by atoms with van der Waals surface area (Å²) >= 11 is 7.89. The van der Waals surface area contributed by atoms with Gasteiger partial charge < -0.3 is 10.1 Å². The Morgan fingerprint density at radius 1 is 1.56 bits per heavy atom. The Hall–Kier alpha value is -0.0900. The summed E-state index contributed by atoms with van der Waals surface area (Å²) in [5.41, 5.74) is 0. The van der Waals surface area contributed by atoms with Gasteiger partial charge in [0.2, 0.25) is 0 Å². The molecule has 2 unspecified atom stereocenters. The molecule has 0 saturated heterocycles. The third-order valence-corrected chi connectivity index (χ3v) is 3.97. The van der Waals surface area contributed by atoms with Crippen LogP contribution in [0.1, 0.15) is 31.2 Å². The van der Waals surface area contributed by atoms with Crippen molar-refractivity contribution in [3.63, 3.8) is 0 Å². The molecule has 0 fully saturated rings. The monoisotopic (exact) mass is 261 g/mol. The van der Waals surface area contributed by atoms with Crippen molar-refractivity contribution in [3.05, 3.63) is 21.3 Å². The first-order valence-electron chi connectivity index (χ1n) is 5.64. The normalized spacial score (nSPS) is 15.0. The molecule has 92 valence electrons. The van der Waals surface area contributed by atoms with E-state index in [4.69, 9.17) is 16.3 Å². The third-order valence-electron chi connectivity index (χ3n) is 2.50. The largest absolute Gasteiger partial charge is 0.384 e. The summed E-state index contributed by atoms with van der Waals surface area (Å²) in [6.07, 6.45) is 1.06. The van der Waals surface area contributed by atoms with Gasteiger partial charge in [-0.1, -0.05) is 25.4 Å². The molecule has 2 atom stereocenters. The van der Waals surface area contributed by atoms with Crippen LogP contribution in [0, 0.1) is 5.92 Å². The van der Waals surface area contributed by atoms with Crippen LogP contribution in [0.25, 0.3) is 0 Å². The SMILES string of the molecule is CCNC(CC(C)COC)c1sccc1Cl. The summed E-state index contributed by atoms with van der Waals surface area (Å²) in [5, 5.41) is 6.41. The highest BCUT2D eigenvalue weighted by atomic mass is 35.5. The molecular formula is C12H20ClNOS. The molecule has 0 spiro atoms. The fourth-order valence-electron chi connectivity index (χ4n) is 1.84. The molecule has 1 aromatic heterocycles. The molecule has 1 heterocycles. The van der Waals surface area contributed by atoms with Gasteiger partial charge in [0.1, 0.15) is 0 Å². The van der Waals surface area contributed by atoms with Crippen LogP contribution < -0.4 is 5.32 Å². The zero-order valence-corrected chi connectivity index (χ0v) is 11.7. The minimum Gasteiger partial charge on any atom is -0.384 e. The molecule has 0 aromatic carbocycles. The van der Waals surface area contributed by atoms with Gasteiger partial charge in [-0.05, 0) is 30.3 Å². The minimum atomic E-state index is 0.350. The predicted octanol–water partition coefficient (Wildman–Crippen LogP) is 3.72. The van der Waals surface area contributed by atoms with Crippen molar-refractivity contribution in [2.45, 2.75) is 26.3 Å². The summed E-state index contributed by atoms with van der Waals surface area (Å²) < 4.78 is 5.17. The van der Waals surface area contributed by atoms with Crippen LogP contribution in [-0.2, 0) is 4.74 Å². The van der Waals surface area contributed by atoms with E-state index in [1.54, 1.807) is 18.4 Å². The van der Waals surface area contributed by atoms with Crippen LogP contribution in [0.5, 0.6) is 0 Å². The van der Waals surface area contributed by atoms with Gasteiger partial charge in [0.05, 0.1) is 5.02 Å². The Bertz CT molecular complexity index is 303. The van der Waals surface area contributed by atoms with Crippen molar-refractivity contribution in [1.82, 2.24) is 5.32 Å². The number of rotatable bonds is 7. The Morgan fingerprint density at radius 3 is 2.81 bits per heavy atom. The summed E-state index contributed by atoms with van der Waals surface area (Å²) in [7, 11) is 1.75. The highest BCUT2D eigenvalue weighted by molar-refractivity contribution is 7.10. The maximum atomic E-state index is 6.17. The smallest absolute Gasteiger partial charge is 0.0561 e. The lowest BCUT2D eigenvalue weighted by Gasteiger charge is -2.20. The van der Waals surface area contributed by atoms with Crippen LogP contribution >= 0.6 is 22.9 Å². The fourth-order valence-corrected chi connectivity index (χ4v) is 3.12. The minimum absolute atomic E-state index is 0.350. The van der Waals surface area contributed by atoms with Crippen LogP contribution in [0.15, 0.2) is 11.4 Å². The second kappa shape index (κ2) is 7.28. The molecule has 1 aromatic rings. The molecule has 16 heavy (non-hydrogen) atoms. The standard InChI is InChI=1S/C12H20ClNOS/c1-4-14-11(7-9(2)8-15-3)12-10(13)5-6-16-12/h5-6,9,11,14H,4,7-8H2,1-3H3. The van der Waals surface area contributed by atoms with E-state index in [0.717, 1.165) is 24.6 Å². The molecule has 0 radical (unpaired) electrons. The summed E-state index contributed by atoms with van der Waals surface area (Å²) in [5.74, 6) is 0.534. The van der Waals surface area contributed by atoms with E-state index < -0.39 is 0 Å². The lowest BCUT2D eigenvalue weighted by molar-refractivity contribution is 0.149. The maximum Gasteiger partial charge on any atom is 0.0561 e. The molecule has 0 bridgehead atoms. The average Bonchev–Trinajstić information content (AvgIpc) is 2.64. The second-order valence-electron chi connectivity index (χ2n) is 4.04. The van der Waals surface area contributed by atoms with E-state index in [0.29, 0.717) is 12.0 Å². The third kappa shape index (κ3) is 4.06. The van der Waals surface area contributed by atoms with Crippen molar-refractivity contribution in [3.8, 4) is 0 Å². The number of ether oxygens (including phenoxy) is 1. The molecule has 1 rings (SSSR count). The van der Waals surface area contributed by atoms with Crippen LogP contribution in [0.3, 0.4) is 0 Å². The van der Waals surface area contributed by atoms with Gasteiger partial charge in [-0.25, -0.2) is 0 Å². The van der Waals surface area contributed by atoms with E-state index in [1.165, 1.54) is 4.88 Å². The first kappa shape index (κ1) is 14.0. The molecule has 1 N–H and O–H groups in total. The Kier molecular flexibility index (Phi) is 6.36. The van der Waals surface area contributed by atoms with Crippen molar-refractivity contribution in [1.29, 1.82) is 0 Å².